The molecular formula is C11H16N2O2S. The molecule has 88 valence electrons. The van der Waals surface area contributed by atoms with E-state index in [9.17, 15) is 9.59 Å². The SMILES string of the molecule is CC(C)(CCN1C(=O)C2CC2C1=O)C(N)=S. The average Bonchev–Trinajstić information content (AvgIpc) is 2.91. The van der Waals surface area contributed by atoms with Gasteiger partial charge in [0.15, 0.2) is 0 Å². The first-order valence-electron chi connectivity index (χ1n) is 5.50. The topological polar surface area (TPSA) is 63.4 Å². The molecule has 0 spiro atoms. The monoisotopic (exact) mass is 240 g/mol. The second-order valence-electron chi connectivity index (χ2n) is 5.27. The van der Waals surface area contributed by atoms with Crippen LogP contribution in [0.3, 0.4) is 0 Å². The number of piperidine rings is 1. The maximum absolute atomic E-state index is 11.7. The van der Waals surface area contributed by atoms with Gasteiger partial charge in [0.25, 0.3) is 0 Å². The van der Waals surface area contributed by atoms with Crippen LogP contribution in [0, 0.1) is 17.3 Å². The Balaban J connectivity index is 1.94. The quantitative estimate of drug-likeness (QED) is 0.580. The summed E-state index contributed by atoms with van der Waals surface area (Å²) < 4.78 is 0. The molecule has 2 rings (SSSR count). The molecule has 1 saturated heterocycles. The Labute approximate surface area is 100 Å². The van der Waals surface area contributed by atoms with E-state index in [0.717, 1.165) is 6.42 Å². The first kappa shape index (κ1) is 11.5. The molecule has 0 aromatic heterocycles. The highest BCUT2D eigenvalue weighted by Crippen LogP contribution is 2.47. The van der Waals surface area contributed by atoms with Crippen molar-refractivity contribution < 1.29 is 9.59 Å². The van der Waals surface area contributed by atoms with Gasteiger partial charge in [-0.3, -0.25) is 14.5 Å². The summed E-state index contributed by atoms with van der Waals surface area (Å²) in [6.45, 7) is 4.30. The lowest BCUT2D eigenvalue weighted by Gasteiger charge is -2.26. The lowest BCUT2D eigenvalue weighted by Crippen LogP contribution is -2.38. The van der Waals surface area contributed by atoms with Crippen LogP contribution in [-0.2, 0) is 9.59 Å². The zero-order valence-corrected chi connectivity index (χ0v) is 10.3. The number of rotatable bonds is 4. The number of fused-ring (bicyclic) bond motifs is 1. The Morgan fingerprint density at radius 2 is 1.94 bits per heavy atom. The second kappa shape index (κ2) is 3.52. The van der Waals surface area contributed by atoms with Crippen molar-refractivity contribution in [2.45, 2.75) is 26.7 Å². The zero-order chi connectivity index (χ0) is 12.1. The summed E-state index contributed by atoms with van der Waals surface area (Å²) in [6, 6.07) is 0. The Morgan fingerprint density at radius 1 is 1.44 bits per heavy atom. The fourth-order valence-corrected chi connectivity index (χ4v) is 2.09. The van der Waals surface area contributed by atoms with E-state index in [0.29, 0.717) is 18.0 Å². The molecule has 16 heavy (non-hydrogen) atoms. The summed E-state index contributed by atoms with van der Waals surface area (Å²) in [6.07, 6.45) is 1.39. The van der Waals surface area contributed by atoms with Crippen LogP contribution in [-0.4, -0.2) is 28.2 Å². The van der Waals surface area contributed by atoms with Gasteiger partial charge in [0.05, 0.1) is 16.8 Å². The van der Waals surface area contributed by atoms with Crippen LogP contribution in [0.4, 0.5) is 0 Å². The molecule has 2 amide bonds. The molecule has 0 radical (unpaired) electrons. The van der Waals surface area contributed by atoms with Crippen LogP contribution in [0.25, 0.3) is 0 Å². The van der Waals surface area contributed by atoms with E-state index < -0.39 is 0 Å². The minimum atomic E-state index is -0.303. The predicted octanol–water partition coefficient (Wildman–Crippen LogP) is 0.694. The molecule has 4 nitrogen and oxygen atoms in total. The van der Waals surface area contributed by atoms with E-state index in [1.807, 2.05) is 13.8 Å². The standard InChI is InChI=1S/C11H16N2O2S/c1-11(2,10(12)16)3-4-13-8(14)6-5-7(6)9(13)15/h6-7H,3-5H2,1-2H3,(H2,12,16). The van der Waals surface area contributed by atoms with Crippen LogP contribution in [0.2, 0.25) is 0 Å². The molecule has 2 atom stereocenters. The summed E-state index contributed by atoms with van der Waals surface area (Å²) >= 11 is 4.95. The summed E-state index contributed by atoms with van der Waals surface area (Å²) in [5.41, 5.74) is 5.30. The van der Waals surface area contributed by atoms with E-state index in [1.54, 1.807) is 0 Å². The first-order chi connectivity index (χ1) is 7.34. The first-order valence-corrected chi connectivity index (χ1v) is 5.90. The van der Waals surface area contributed by atoms with Crippen molar-refractivity contribution in [3.8, 4) is 0 Å². The molecule has 2 N–H and O–H groups in total. The van der Waals surface area contributed by atoms with E-state index in [-0.39, 0.29) is 29.1 Å². The minimum absolute atomic E-state index is 0.00580. The number of nitrogens with two attached hydrogens (primary N) is 1. The Kier molecular flexibility index (Phi) is 2.53. The number of imide groups is 1. The highest BCUT2D eigenvalue weighted by atomic mass is 32.1. The number of amides is 2. The normalized spacial score (nSPS) is 28.2. The third kappa shape index (κ3) is 1.73. The summed E-state index contributed by atoms with van der Waals surface area (Å²) in [5, 5.41) is 0. The van der Waals surface area contributed by atoms with Gasteiger partial charge >= 0.3 is 0 Å². The van der Waals surface area contributed by atoms with Crippen LogP contribution in [0.5, 0.6) is 0 Å². The zero-order valence-electron chi connectivity index (χ0n) is 9.53. The van der Waals surface area contributed by atoms with E-state index in [1.165, 1.54) is 4.90 Å². The summed E-state index contributed by atoms with van der Waals surface area (Å²) in [7, 11) is 0. The third-order valence-electron chi connectivity index (χ3n) is 3.58. The van der Waals surface area contributed by atoms with Crippen molar-refractivity contribution in [3.63, 3.8) is 0 Å². The maximum atomic E-state index is 11.7. The van der Waals surface area contributed by atoms with Crippen molar-refractivity contribution >= 4 is 29.0 Å². The molecule has 5 heteroatoms. The molecule has 0 aromatic rings. The lowest BCUT2D eigenvalue weighted by atomic mass is 9.89. The fourth-order valence-electron chi connectivity index (χ4n) is 1.98. The molecular weight excluding hydrogens is 224 g/mol. The van der Waals surface area contributed by atoms with Crippen LogP contribution >= 0.6 is 12.2 Å². The van der Waals surface area contributed by atoms with Gasteiger partial charge in [0, 0.05) is 12.0 Å². The van der Waals surface area contributed by atoms with Gasteiger partial charge in [-0.2, -0.15) is 0 Å². The van der Waals surface area contributed by atoms with Gasteiger partial charge < -0.3 is 5.73 Å². The van der Waals surface area contributed by atoms with Gasteiger partial charge in [-0.15, -0.1) is 0 Å². The molecule has 2 aliphatic rings. The summed E-state index contributed by atoms with van der Waals surface area (Å²) in [4.78, 5) is 25.2. The smallest absolute Gasteiger partial charge is 0.233 e. The molecule has 0 aromatic carbocycles. The summed E-state index contributed by atoms with van der Waals surface area (Å²) in [5.74, 6) is -0.0386. The molecule has 2 unspecified atom stereocenters. The van der Waals surface area contributed by atoms with Gasteiger partial charge in [0.2, 0.25) is 11.8 Å². The number of carbonyl (C=O) groups is 2. The molecule has 1 aliphatic carbocycles. The van der Waals surface area contributed by atoms with Crippen LogP contribution in [0.1, 0.15) is 26.7 Å². The van der Waals surface area contributed by atoms with Crippen molar-refractivity contribution in [1.82, 2.24) is 4.90 Å². The largest absolute Gasteiger partial charge is 0.393 e. The number of hydrogen-bond acceptors (Lipinski definition) is 3. The third-order valence-corrected chi connectivity index (χ3v) is 4.14. The molecule has 1 aliphatic heterocycles. The highest BCUT2D eigenvalue weighted by molar-refractivity contribution is 7.80. The Morgan fingerprint density at radius 3 is 2.38 bits per heavy atom. The van der Waals surface area contributed by atoms with Gasteiger partial charge in [-0.05, 0) is 12.8 Å². The van der Waals surface area contributed by atoms with Crippen molar-refractivity contribution in [2.24, 2.45) is 23.0 Å². The highest BCUT2D eigenvalue weighted by Gasteiger charge is 2.58. The van der Waals surface area contributed by atoms with Crippen molar-refractivity contribution in [1.29, 1.82) is 0 Å². The lowest BCUT2D eigenvalue weighted by molar-refractivity contribution is -0.141. The fraction of sp³-hybridized carbons (Fsp3) is 0.727. The minimum Gasteiger partial charge on any atom is -0.393 e. The average molecular weight is 240 g/mol. The predicted molar refractivity (Wildman–Crippen MR) is 63.5 cm³/mol. The molecule has 1 heterocycles. The van der Waals surface area contributed by atoms with Gasteiger partial charge in [-0.1, -0.05) is 26.1 Å². The molecule has 1 saturated carbocycles. The number of carbonyl (C=O) groups excluding carboxylic acids is 2. The molecule has 2 fully saturated rings. The number of nitrogens with zero attached hydrogens (tertiary/aromatic N) is 1. The van der Waals surface area contributed by atoms with E-state index >= 15 is 0 Å². The maximum Gasteiger partial charge on any atom is 0.233 e. The van der Waals surface area contributed by atoms with Gasteiger partial charge in [0.1, 0.15) is 0 Å². The number of thiocarbonyl (C=S) groups is 1. The van der Waals surface area contributed by atoms with E-state index in [2.05, 4.69) is 0 Å². The van der Waals surface area contributed by atoms with Gasteiger partial charge in [-0.25, -0.2) is 0 Å². The Bertz CT molecular complexity index is 358. The Hall–Kier alpha value is -0.970. The van der Waals surface area contributed by atoms with E-state index in [4.69, 9.17) is 18.0 Å². The van der Waals surface area contributed by atoms with Crippen LogP contribution < -0.4 is 5.73 Å². The van der Waals surface area contributed by atoms with Crippen molar-refractivity contribution in [2.75, 3.05) is 6.54 Å². The van der Waals surface area contributed by atoms with Crippen molar-refractivity contribution in [3.05, 3.63) is 0 Å². The van der Waals surface area contributed by atoms with Crippen LogP contribution in [0.15, 0.2) is 0 Å². The number of likely N-dealkylation sites (tertiary alicyclic amines) is 1. The molecule has 0 bridgehead atoms. The second-order valence-corrected chi connectivity index (χ2v) is 5.71. The number of hydrogen-bond donors (Lipinski definition) is 1.